The lowest BCUT2D eigenvalue weighted by molar-refractivity contribution is -0.155. The summed E-state index contributed by atoms with van der Waals surface area (Å²) in [6.07, 6.45) is -4.64. The minimum atomic E-state index is -3.66. The van der Waals surface area contributed by atoms with E-state index < -0.39 is 53.1 Å². The van der Waals surface area contributed by atoms with Crippen LogP contribution in [0.25, 0.3) is 0 Å². The fourth-order valence-corrected chi connectivity index (χ4v) is 6.16. The number of ether oxygens (including phenoxy) is 2. The molecule has 2 aliphatic heterocycles. The van der Waals surface area contributed by atoms with E-state index in [2.05, 4.69) is 5.10 Å². The molecule has 0 aliphatic carbocycles. The first-order valence-corrected chi connectivity index (χ1v) is 15.3. The molecule has 41 heavy (non-hydrogen) atoms. The molecule has 2 aromatic heterocycles. The Labute approximate surface area is 237 Å². The number of halogens is 4. The lowest BCUT2D eigenvalue weighted by Gasteiger charge is -2.31. The van der Waals surface area contributed by atoms with Crippen LogP contribution in [0.2, 0.25) is 0 Å². The Hall–Kier alpha value is -3.08. The Kier molecular flexibility index (Phi) is 8.63. The Balaban J connectivity index is 1.16. The van der Waals surface area contributed by atoms with Gasteiger partial charge in [-0.1, -0.05) is 6.07 Å². The van der Waals surface area contributed by atoms with Gasteiger partial charge in [0.2, 0.25) is 12.2 Å². The smallest absolute Gasteiger partial charge is 0.306 e. The average Bonchev–Trinajstić information content (AvgIpc) is 3.52. The highest BCUT2D eigenvalue weighted by Gasteiger charge is 2.29. The summed E-state index contributed by atoms with van der Waals surface area (Å²) in [5.74, 6) is -0.228. The first-order chi connectivity index (χ1) is 19.5. The number of benzene rings is 1. The number of nitrogens with zero attached hydrogens (tertiary/aromatic N) is 4. The van der Waals surface area contributed by atoms with Crippen LogP contribution in [-0.4, -0.2) is 53.3 Å². The minimum Gasteiger partial charge on any atom is -0.383 e. The normalized spacial score (nSPS) is 18.5. The highest BCUT2D eigenvalue weighted by Crippen LogP contribution is 2.35. The third-order valence-electron chi connectivity index (χ3n) is 6.75. The zero-order valence-corrected chi connectivity index (χ0v) is 23.3. The average molecular weight is 619 g/mol. The summed E-state index contributed by atoms with van der Waals surface area (Å²) in [7, 11) is -3.66. The third kappa shape index (κ3) is 7.05. The van der Waals surface area contributed by atoms with E-state index in [4.69, 9.17) is 18.6 Å². The molecule has 0 saturated carbocycles. The van der Waals surface area contributed by atoms with Crippen LogP contribution < -0.4 is 4.18 Å². The number of rotatable bonds is 8. The molecule has 1 fully saturated rings. The van der Waals surface area contributed by atoms with Crippen LogP contribution >= 0.6 is 11.3 Å². The number of piperidine rings is 1. The summed E-state index contributed by atoms with van der Waals surface area (Å²) < 4.78 is 92.6. The van der Waals surface area contributed by atoms with Crippen molar-refractivity contribution < 1.29 is 44.4 Å². The van der Waals surface area contributed by atoms with E-state index in [1.807, 2.05) is 5.38 Å². The van der Waals surface area contributed by atoms with Gasteiger partial charge in [0.05, 0.1) is 24.5 Å². The first kappa shape index (κ1) is 29.4. The van der Waals surface area contributed by atoms with Gasteiger partial charge in [-0.2, -0.15) is 13.5 Å². The molecule has 5 rings (SSSR count). The Bertz CT molecular complexity index is 1510. The SMILES string of the molecule is CS(=O)(=O)Oc1ccc2c(c1)COC(c1csc(C3CCN(C(=O)Cn4nc(C(F)F)cc4C(F)F)CC3)n1)OC2. The summed E-state index contributed by atoms with van der Waals surface area (Å²) in [6.45, 7) is 0.564. The molecule has 1 saturated heterocycles. The van der Waals surface area contributed by atoms with Crippen molar-refractivity contribution in [3.63, 3.8) is 0 Å². The maximum atomic E-state index is 13.3. The molecule has 1 aromatic carbocycles. The molecule has 1 atom stereocenters. The quantitative estimate of drug-likeness (QED) is 0.264. The van der Waals surface area contributed by atoms with Crippen molar-refractivity contribution in [2.24, 2.45) is 0 Å². The minimum absolute atomic E-state index is 0.0586. The van der Waals surface area contributed by atoms with E-state index in [1.54, 1.807) is 18.2 Å². The number of hydrogen-bond acceptors (Lipinski definition) is 9. The van der Waals surface area contributed by atoms with Gasteiger partial charge in [0.15, 0.2) is 0 Å². The van der Waals surface area contributed by atoms with Crippen LogP contribution in [-0.2, 0) is 44.1 Å². The number of carbonyl (C=O) groups excluding carboxylic acids is 1. The van der Waals surface area contributed by atoms with Gasteiger partial charge in [-0.05, 0) is 42.2 Å². The Morgan fingerprint density at radius 2 is 1.80 bits per heavy atom. The van der Waals surface area contributed by atoms with Crippen molar-refractivity contribution >= 4 is 27.4 Å². The van der Waals surface area contributed by atoms with Crippen LogP contribution in [0.3, 0.4) is 0 Å². The number of carbonyl (C=O) groups is 1. The van der Waals surface area contributed by atoms with Crippen LogP contribution in [0.4, 0.5) is 17.6 Å². The van der Waals surface area contributed by atoms with Gasteiger partial charge in [0.25, 0.3) is 12.9 Å². The second kappa shape index (κ2) is 12.0. The van der Waals surface area contributed by atoms with Crippen LogP contribution in [0, 0.1) is 0 Å². The van der Waals surface area contributed by atoms with Gasteiger partial charge < -0.3 is 18.6 Å². The Morgan fingerprint density at radius 3 is 2.46 bits per heavy atom. The number of amides is 1. The predicted octanol–water partition coefficient (Wildman–Crippen LogP) is 4.71. The van der Waals surface area contributed by atoms with E-state index in [9.17, 15) is 30.8 Å². The monoisotopic (exact) mass is 618 g/mol. The zero-order valence-electron chi connectivity index (χ0n) is 21.7. The van der Waals surface area contributed by atoms with E-state index in [1.165, 1.54) is 16.2 Å². The highest BCUT2D eigenvalue weighted by molar-refractivity contribution is 7.86. The first-order valence-electron chi connectivity index (χ1n) is 12.6. The van der Waals surface area contributed by atoms with Crippen molar-refractivity contribution in [2.45, 2.75) is 57.7 Å². The number of alkyl halides is 4. The van der Waals surface area contributed by atoms with Crippen molar-refractivity contribution in [1.82, 2.24) is 19.7 Å². The lowest BCUT2D eigenvalue weighted by Crippen LogP contribution is -2.40. The van der Waals surface area contributed by atoms with Gasteiger partial charge in [-0.3, -0.25) is 9.48 Å². The molecule has 4 heterocycles. The summed E-state index contributed by atoms with van der Waals surface area (Å²) in [5.41, 5.74) is 0.663. The molecular formula is C25H26F4N4O6S2. The van der Waals surface area contributed by atoms with Crippen molar-refractivity contribution in [3.05, 3.63) is 62.9 Å². The van der Waals surface area contributed by atoms with Crippen LogP contribution in [0.5, 0.6) is 5.75 Å². The highest BCUT2D eigenvalue weighted by atomic mass is 32.2. The maximum absolute atomic E-state index is 13.3. The Morgan fingerprint density at radius 1 is 1.10 bits per heavy atom. The van der Waals surface area contributed by atoms with Gasteiger partial charge in [-0.15, -0.1) is 11.3 Å². The molecular weight excluding hydrogens is 592 g/mol. The largest absolute Gasteiger partial charge is 0.383 e. The van der Waals surface area contributed by atoms with Crippen molar-refractivity contribution in [1.29, 1.82) is 0 Å². The standard InChI is InChI=1S/C25H26F4N4O6S2/c1-41(35,36)39-17-3-2-15-11-37-25(38-12-16(15)8-17)19-13-40-24(30-19)14-4-6-32(7-5-14)21(34)10-33-20(23(28)29)9-18(31-33)22(26)27/h2-3,8-9,13-14,22-23,25H,4-7,10-12H2,1H3. The maximum Gasteiger partial charge on any atom is 0.306 e. The molecule has 0 spiro atoms. The molecule has 1 unspecified atom stereocenters. The number of aromatic nitrogens is 3. The molecule has 222 valence electrons. The second-order valence-corrected chi connectivity index (χ2v) is 12.2. The summed E-state index contributed by atoms with van der Waals surface area (Å²) in [6, 6.07) is 5.50. The van der Waals surface area contributed by atoms with E-state index in [0.29, 0.717) is 42.4 Å². The van der Waals surface area contributed by atoms with Gasteiger partial charge in [0.1, 0.15) is 29.4 Å². The predicted molar refractivity (Wildman–Crippen MR) is 137 cm³/mol. The number of hydrogen-bond donors (Lipinski definition) is 0. The number of thiazole rings is 1. The summed E-state index contributed by atoms with van der Waals surface area (Å²) in [5, 5.41) is 6.18. The molecule has 2 aliphatic rings. The van der Waals surface area contributed by atoms with Gasteiger partial charge in [0, 0.05) is 24.4 Å². The second-order valence-electron chi connectivity index (χ2n) is 9.69. The number of likely N-dealkylation sites (tertiary alicyclic amines) is 1. The molecule has 0 bridgehead atoms. The van der Waals surface area contributed by atoms with Gasteiger partial charge >= 0.3 is 10.1 Å². The lowest BCUT2D eigenvalue weighted by atomic mass is 9.97. The molecule has 1 amide bonds. The number of fused-ring (bicyclic) bond motifs is 1. The van der Waals surface area contributed by atoms with Crippen LogP contribution in [0.15, 0.2) is 29.6 Å². The molecule has 3 aromatic rings. The van der Waals surface area contributed by atoms with Crippen LogP contribution in [0.1, 0.15) is 71.1 Å². The van der Waals surface area contributed by atoms with Crippen molar-refractivity contribution in [2.75, 3.05) is 19.3 Å². The fourth-order valence-electron chi connectivity index (χ4n) is 4.72. The topological polar surface area (TPSA) is 113 Å². The molecule has 0 radical (unpaired) electrons. The summed E-state index contributed by atoms with van der Waals surface area (Å²) in [4.78, 5) is 19.0. The van der Waals surface area contributed by atoms with Crippen molar-refractivity contribution in [3.8, 4) is 5.75 Å². The van der Waals surface area contributed by atoms with Gasteiger partial charge in [-0.25, -0.2) is 22.5 Å². The zero-order chi connectivity index (χ0) is 29.3. The molecule has 10 nitrogen and oxygen atoms in total. The fraction of sp³-hybridized carbons (Fsp3) is 0.480. The molecule has 0 N–H and O–H groups in total. The molecule has 16 heteroatoms. The third-order valence-corrected chi connectivity index (χ3v) is 8.27. The van der Waals surface area contributed by atoms with E-state index in [0.717, 1.165) is 22.4 Å². The van der Waals surface area contributed by atoms with E-state index in [-0.39, 0.29) is 24.9 Å². The van der Waals surface area contributed by atoms with E-state index >= 15 is 0 Å². The summed E-state index contributed by atoms with van der Waals surface area (Å²) >= 11 is 1.44.